The Labute approximate surface area is 174 Å². The highest BCUT2D eigenvalue weighted by Crippen LogP contribution is 2.25. The van der Waals surface area contributed by atoms with Gasteiger partial charge in [0.15, 0.2) is 16.4 Å². The van der Waals surface area contributed by atoms with Crippen LogP contribution in [0.1, 0.15) is 0 Å². The highest BCUT2D eigenvalue weighted by molar-refractivity contribution is 8.07. The van der Waals surface area contributed by atoms with Crippen LogP contribution in [0.4, 0.5) is 5.69 Å². The minimum Gasteiger partial charge on any atom is -0.347 e. The van der Waals surface area contributed by atoms with Gasteiger partial charge >= 0.3 is 0 Å². The fraction of sp³-hybridized carbons (Fsp3) is 0.0800. The number of hydrogen-bond acceptors (Lipinski definition) is 2. The van der Waals surface area contributed by atoms with Gasteiger partial charge < -0.3 is 5.32 Å². The molecule has 0 unspecified atom stereocenters. The van der Waals surface area contributed by atoms with Crippen molar-refractivity contribution in [2.24, 2.45) is 7.05 Å². The third-order valence-electron chi connectivity index (χ3n) is 5.34. The van der Waals surface area contributed by atoms with Crippen LogP contribution in [0.15, 0.2) is 91.0 Å². The first-order valence-corrected chi connectivity index (χ1v) is 10.9. The number of thioether (sulfide) groups is 1. The standard InChI is InChI=1S/C25H21N3S/c1-27-21-15-9-10-16-22(21)28-23(27)17-20(18-11-5-3-6-12-18)24(28)25(29-2)26-19-13-7-4-8-14-19/h3-17H,1-2H3/p+1. The number of aromatic nitrogens is 2. The summed E-state index contributed by atoms with van der Waals surface area (Å²) in [5, 5.41) is 5.98. The van der Waals surface area contributed by atoms with Crippen molar-refractivity contribution in [1.29, 1.82) is 0 Å². The fourth-order valence-electron chi connectivity index (χ4n) is 3.97. The second-order valence-corrected chi connectivity index (χ2v) is 7.85. The Bertz CT molecular complexity index is 1360. The molecule has 0 aliphatic carbocycles. The molecule has 2 aromatic heterocycles. The van der Waals surface area contributed by atoms with Crippen molar-refractivity contribution in [3.05, 3.63) is 96.3 Å². The molecule has 0 amide bonds. The molecule has 0 saturated heterocycles. The Morgan fingerprint density at radius 1 is 0.862 bits per heavy atom. The van der Waals surface area contributed by atoms with Crippen molar-refractivity contribution in [3.63, 3.8) is 0 Å². The van der Waals surface area contributed by atoms with E-state index in [0.29, 0.717) is 0 Å². The van der Waals surface area contributed by atoms with E-state index in [1.165, 1.54) is 33.2 Å². The Morgan fingerprint density at radius 2 is 1.52 bits per heavy atom. The maximum Gasteiger partial charge on any atom is 0.288 e. The molecule has 3 nitrogen and oxygen atoms in total. The van der Waals surface area contributed by atoms with Crippen LogP contribution in [0, 0.1) is 0 Å². The minimum absolute atomic E-state index is 1.09. The Morgan fingerprint density at radius 3 is 2.24 bits per heavy atom. The number of benzene rings is 3. The van der Waals surface area contributed by atoms with Crippen molar-refractivity contribution < 1.29 is 4.57 Å². The molecule has 0 aliphatic heterocycles. The van der Waals surface area contributed by atoms with Crippen LogP contribution in [0.3, 0.4) is 0 Å². The molecule has 0 fully saturated rings. The molecule has 0 saturated carbocycles. The average molecular weight is 397 g/mol. The monoisotopic (exact) mass is 396 g/mol. The van der Waals surface area contributed by atoms with Crippen molar-refractivity contribution >= 4 is 39.2 Å². The predicted octanol–water partition coefficient (Wildman–Crippen LogP) is 4.84. The molecule has 0 radical (unpaired) electrons. The van der Waals surface area contributed by atoms with Crippen LogP contribution in [0.2, 0.25) is 0 Å². The first kappa shape index (κ1) is 17.8. The number of anilines is 1. The van der Waals surface area contributed by atoms with Gasteiger partial charge in [-0.15, -0.1) is 11.8 Å². The van der Waals surface area contributed by atoms with E-state index < -0.39 is 0 Å². The molecule has 4 heteroatoms. The SMILES string of the molecule is CS/C(Nc1ccccc1)=c1\c(-c2ccccc2)cc2n1c1ccccc1[n+]2C. The van der Waals surface area contributed by atoms with Gasteiger partial charge in [-0.3, -0.25) is 0 Å². The normalized spacial score (nSPS) is 12.5. The summed E-state index contributed by atoms with van der Waals surface area (Å²) in [5.41, 5.74) is 7.16. The van der Waals surface area contributed by atoms with Gasteiger partial charge in [-0.1, -0.05) is 60.7 Å². The van der Waals surface area contributed by atoms with Gasteiger partial charge in [-0.05, 0) is 36.1 Å². The largest absolute Gasteiger partial charge is 0.347 e. The van der Waals surface area contributed by atoms with Gasteiger partial charge in [-0.25, -0.2) is 4.57 Å². The van der Waals surface area contributed by atoms with Gasteiger partial charge in [0.2, 0.25) is 0 Å². The van der Waals surface area contributed by atoms with E-state index in [-0.39, 0.29) is 0 Å². The lowest BCUT2D eigenvalue weighted by Gasteiger charge is -2.08. The summed E-state index contributed by atoms with van der Waals surface area (Å²) in [4.78, 5) is 0. The molecule has 142 valence electrons. The molecule has 3 aromatic carbocycles. The number of imidazole rings is 1. The molecule has 2 heterocycles. The van der Waals surface area contributed by atoms with Crippen LogP contribution < -0.4 is 15.2 Å². The zero-order valence-corrected chi connectivity index (χ0v) is 17.3. The summed E-state index contributed by atoms with van der Waals surface area (Å²) < 4.78 is 4.64. The highest BCUT2D eigenvalue weighted by atomic mass is 32.2. The number of aryl methyl sites for hydroxylation is 1. The van der Waals surface area contributed by atoms with Gasteiger partial charge in [0, 0.05) is 17.3 Å². The Balaban J connectivity index is 1.91. The van der Waals surface area contributed by atoms with E-state index in [1.807, 2.05) is 6.07 Å². The lowest BCUT2D eigenvalue weighted by molar-refractivity contribution is -0.618. The van der Waals surface area contributed by atoms with Crippen molar-refractivity contribution in [2.45, 2.75) is 0 Å². The van der Waals surface area contributed by atoms with Gasteiger partial charge in [0.05, 0.1) is 7.05 Å². The molecule has 0 spiro atoms. The van der Waals surface area contributed by atoms with E-state index in [4.69, 9.17) is 0 Å². The molecule has 5 aromatic rings. The lowest BCUT2D eigenvalue weighted by atomic mass is 10.1. The highest BCUT2D eigenvalue weighted by Gasteiger charge is 2.24. The summed E-state index contributed by atoms with van der Waals surface area (Å²) in [7, 11) is 2.14. The number of nitrogens with zero attached hydrogens (tertiary/aromatic N) is 2. The van der Waals surface area contributed by atoms with E-state index in [9.17, 15) is 0 Å². The van der Waals surface area contributed by atoms with E-state index >= 15 is 0 Å². The van der Waals surface area contributed by atoms with Crippen LogP contribution >= 0.6 is 11.8 Å². The topological polar surface area (TPSA) is 20.3 Å². The minimum atomic E-state index is 1.09. The summed E-state index contributed by atoms with van der Waals surface area (Å²) in [6.07, 6.45) is 2.13. The molecule has 1 N–H and O–H groups in total. The lowest BCUT2D eigenvalue weighted by Crippen LogP contribution is -2.27. The van der Waals surface area contributed by atoms with E-state index in [2.05, 4.69) is 113 Å². The fourth-order valence-corrected chi connectivity index (χ4v) is 4.58. The molecule has 0 bridgehead atoms. The van der Waals surface area contributed by atoms with Gasteiger partial charge in [0.25, 0.3) is 5.65 Å². The molecule has 29 heavy (non-hydrogen) atoms. The average Bonchev–Trinajstić information content (AvgIpc) is 3.30. The van der Waals surface area contributed by atoms with Crippen LogP contribution in [0.5, 0.6) is 0 Å². The van der Waals surface area contributed by atoms with E-state index in [0.717, 1.165) is 10.7 Å². The molecular formula is C25H22N3S+. The number of rotatable bonds is 4. The smallest absolute Gasteiger partial charge is 0.288 e. The summed E-state index contributed by atoms with van der Waals surface area (Å²) in [6.45, 7) is 0. The summed E-state index contributed by atoms with van der Waals surface area (Å²) in [5.74, 6) is 0. The molecule has 0 atom stereocenters. The first-order valence-electron chi connectivity index (χ1n) is 9.65. The predicted molar refractivity (Wildman–Crippen MR) is 124 cm³/mol. The van der Waals surface area contributed by atoms with Crippen LogP contribution in [-0.2, 0) is 7.05 Å². The first-order chi connectivity index (χ1) is 14.3. The quantitative estimate of drug-likeness (QED) is 0.439. The third kappa shape index (κ3) is 2.97. The van der Waals surface area contributed by atoms with Crippen molar-refractivity contribution in [3.8, 4) is 11.1 Å². The number of fused-ring (bicyclic) bond motifs is 3. The Hall–Kier alpha value is -3.24. The van der Waals surface area contributed by atoms with Gasteiger partial charge in [-0.2, -0.15) is 4.40 Å². The van der Waals surface area contributed by atoms with Crippen LogP contribution in [0.25, 0.3) is 32.8 Å². The zero-order valence-electron chi connectivity index (χ0n) is 16.5. The second kappa shape index (κ2) is 7.30. The number of para-hydroxylation sites is 3. The molecule has 5 rings (SSSR count). The maximum absolute atomic E-state index is 3.66. The molecular weight excluding hydrogens is 374 g/mol. The summed E-state index contributed by atoms with van der Waals surface area (Å²) >= 11 is 1.74. The van der Waals surface area contributed by atoms with Crippen molar-refractivity contribution in [2.75, 3.05) is 11.6 Å². The number of hydrogen-bond donors (Lipinski definition) is 1. The second-order valence-electron chi connectivity index (χ2n) is 7.04. The third-order valence-corrected chi connectivity index (χ3v) is 6.05. The summed E-state index contributed by atoms with van der Waals surface area (Å²) in [6, 6.07) is 31.9. The van der Waals surface area contributed by atoms with E-state index in [1.54, 1.807) is 11.8 Å². The Kier molecular flexibility index (Phi) is 4.49. The maximum atomic E-state index is 3.66. The molecule has 0 aliphatic rings. The van der Waals surface area contributed by atoms with Gasteiger partial charge in [0.1, 0.15) is 5.03 Å². The van der Waals surface area contributed by atoms with Crippen molar-refractivity contribution in [1.82, 2.24) is 4.40 Å². The van der Waals surface area contributed by atoms with Crippen LogP contribution in [-0.4, -0.2) is 10.7 Å². The number of nitrogens with one attached hydrogen (secondary N) is 1. The zero-order chi connectivity index (χ0) is 19.8.